The van der Waals surface area contributed by atoms with Crippen molar-refractivity contribution in [1.29, 1.82) is 0 Å². The minimum Gasteiger partial charge on any atom is -0.378 e. The minimum atomic E-state index is -3.63. The van der Waals surface area contributed by atoms with Crippen LogP contribution in [-0.2, 0) is 19.6 Å². The summed E-state index contributed by atoms with van der Waals surface area (Å²) in [6.45, 7) is 4.88. The van der Waals surface area contributed by atoms with Crippen LogP contribution in [0.5, 0.6) is 0 Å². The summed E-state index contributed by atoms with van der Waals surface area (Å²) >= 11 is 0. The fourth-order valence-electron chi connectivity index (χ4n) is 3.44. The lowest BCUT2D eigenvalue weighted by Crippen LogP contribution is -2.46. The molecule has 1 amide bonds. The van der Waals surface area contributed by atoms with Gasteiger partial charge in [0.1, 0.15) is 6.04 Å². The van der Waals surface area contributed by atoms with E-state index in [1.807, 2.05) is 24.3 Å². The molecule has 0 radical (unpaired) electrons. The molecule has 1 atom stereocenters. The third kappa shape index (κ3) is 5.27. The van der Waals surface area contributed by atoms with Crippen molar-refractivity contribution in [2.75, 3.05) is 47.1 Å². The van der Waals surface area contributed by atoms with Gasteiger partial charge in [0.05, 0.1) is 25.2 Å². The maximum Gasteiger partial charge on any atom is 0.248 e. The summed E-state index contributed by atoms with van der Waals surface area (Å²) in [7, 11) is -3.63. The highest BCUT2D eigenvalue weighted by molar-refractivity contribution is 7.92. The second kappa shape index (κ2) is 9.28. The predicted octanol–water partition coefficient (Wildman–Crippen LogP) is 2.71. The normalized spacial score (nSPS) is 15.6. The number of carbonyl (C=O) groups is 1. The lowest BCUT2D eigenvalue weighted by Gasteiger charge is -2.30. The number of nitrogens with one attached hydrogen (secondary N) is 1. The van der Waals surface area contributed by atoms with Gasteiger partial charge in [-0.3, -0.25) is 9.10 Å². The van der Waals surface area contributed by atoms with E-state index in [9.17, 15) is 13.2 Å². The van der Waals surface area contributed by atoms with Crippen LogP contribution in [-0.4, -0.2) is 52.9 Å². The van der Waals surface area contributed by atoms with E-state index < -0.39 is 16.1 Å². The third-order valence-electron chi connectivity index (χ3n) is 4.85. The van der Waals surface area contributed by atoms with Gasteiger partial charge in [0.15, 0.2) is 0 Å². The van der Waals surface area contributed by atoms with Gasteiger partial charge in [0.25, 0.3) is 0 Å². The van der Waals surface area contributed by atoms with Crippen LogP contribution in [0.2, 0.25) is 0 Å². The lowest BCUT2D eigenvalue weighted by atomic mass is 10.1. The van der Waals surface area contributed by atoms with Crippen molar-refractivity contribution in [3.63, 3.8) is 0 Å². The molecular weight excluding hydrogens is 390 g/mol. The van der Waals surface area contributed by atoms with Gasteiger partial charge in [0, 0.05) is 24.5 Å². The number of morpholine rings is 1. The highest BCUT2D eigenvalue weighted by Gasteiger charge is 2.31. The SMILES string of the molecule is CCC(C(=O)Nc1ccc(N2CCOCC2)cc1)N(c1ccccc1)S(C)(=O)=O. The number of ether oxygens (including phenoxy) is 1. The summed E-state index contributed by atoms with van der Waals surface area (Å²) in [4.78, 5) is 15.2. The number of nitrogens with zero attached hydrogens (tertiary/aromatic N) is 2. The molecular formula is C21H27N3O4S. The smallest absolute Gasteiger partial charge is 0.248 e. The number of hydrogen-bond donors (Lipinski definition) is 1. The number of carbonyl (C=O) groups excluding carboxylic acids is 1. The maximum atomic E-state index is 12.9. The van der Waals surface area contributed by atoms with Crippen LogP contribution < -0.4 is 14.5 Å². The van der Waals surface area contributed by atoms with Gasteiger partial charge < -0.3 is 15.0 Å². The molecule has 1 unspecified atom stereocenters. The molecule has 1 saturated heterocycles. The number of anilines is 3. The largest absolute Gasteiger partial charge is 0.378 e. The molecule has 1 fully saturated rings. The molecule has 156 valence electrons. The lowest BCUT2D eigenvalue weighted by molar-refractivity contribution is -0.117. The first-order chi connectivity index (χ1) is 13.9. The van der Waals surface area contributed by atoms with Gasteiger partial charge in [-0.15, -0.1) is 0 Å². The maximum absolute atomic E-state index is 12.9. The van der Waals surface area contributed by atoms with Gasteiger partial charge in [-0.1, -0.05) is 25.1 Å². The monoisotopic (exact) mass is 417 g/mol. The molecule has 1 heterocycles. The minimum absolute atomic E-state index is 0.347. The van der Waals surface area contributed by atoms with Gasteiger partial charge in [0.2, 0.25) is 15.9 Å². The molecule has 2 aromatic carbocycles. The van der Waals surface area contributed by atoms with Crippen LogP contribution in [0, 0.1) is 0 Å². The Morgan fingerprint density at radius 3 is 2.28 bits per heavy atom. The van der Waals surface area contributed by atoms with Crippen LogP contribution >= 0.6 is 0 Å². The van der Waals surface area contributed by atoms with Crippen LogP contribution in [0.15, 0.2) is 54.6 Å². The van der Waals surface area contributed by atoms with E-state index in [4.69, 9.17) is 4.74 Å². The van der Waals surface area contributed by atoms with E-state index in [0.717, 1.165) is 25.0 Å². The summed E-state index contributed by atoms with van der Waals surface area (Å²) in [6, 6.07) is 15.4. The molecule has 1 aliphatic rings. The first-order valence-corrected chi connectivity index (χ1v) is 11.5. The predicted molar refractivity (Wildman–Crippen MR) is 116 cm³/mol. The number of rotatable bonds is 7. The quantitative estimate of drug-likeness (QED) is 0.749. The molecule has 0 aromatic heterocycles. The number of para-hydroxylation sites is 1. The molecule has 0 aliphatic carbocycles. The van der Waals surface area contributed by atoms with Gasteiger partial charge in [-0.05, 0) is 42.8 Å². The third-order valence-corrected chi connectivity index (χ3v) is 6.03. The average Bonchev–Trinajstić information content (AvgIpc) is 2.72. The van der Waals surface area contributed by atoms with Crippen LogP contribution in [0.3, 0.4) is 0 Å². The average molecular weight is 418 g/mol. The van der Waals surface area contributed by atoms with Crippen molar-refractivity contribution < 1.29 is 17.9 Å². The van der Waals surface area contributed by atoms with E-state index in [1.54, 1.807) is 37.3 Å². The molecule has 0 spiro atoms. The Labute approximate surface area is 172 Å². The first kappa shape index (κ1) is 21.1. The number of amides is 1. The zero-order chi connectivity index (χ0) is 20.9. The van der Waals surface area contributed by atoms with Gasteiger partial charge in [-0.25, -0.2) is 8.42 Å². The second-order valence-electron chi connectivity index (χ2n) is 6.95. The Kier molecular flexibility index (Phi) is 6.76. The Hall–Kier alpha value is -2.58. The molecule has 8 heteroatoms. The fraction of sp³-hybridized carbons (Fsp3) is 0.381. The molecule has 0 bridgehead atoms. The zero-order valence-electron chi connectivity index (χ0n) is 16.7. The van der Waals surface area contributed by atoms with E-state index in [0.29, 0.717) is 31.0 Å². The Morgan fingerprint density at radius 1 is 1.10 bits per heavy atom. The highest BCUT2D eigenvalue weighted by atomic mass is 32.2. The van der Waals surface area contributed by atoms with Crippen molar-refractivity contribution in [3.05, 3.63) is 54.6 Å². The fourth-order valence-corrected chi connectivity index (χ4v) is 4.65. The van der Waals surface area contributed by atoms with Crippen LogP contribution in [0.4, 0.5) is 17.1 Å². The van der Waals surface area contributed by atoms with Gasteiger partial charge >= 0.3 is 0 Å². The van der Waals surface area contributed by atoms with Crippen LogP contribution in [0.25, 0.3) is 0 Å². The molecule has 2 aromatic rings. The van der Waals surface area contributed by atoms with Crippen molar-refractivity contribution in [3.8, 4) is 0 Å². The van der Waals surface area contributed by atoms with Crippen LogP contribution in [0.1, 0.15) is 13.3 Å². The summed E-state index contributed by atoms with van der Waals surface area (Å²) in [5.41, 5.74) is 2.17. The summed E-state index contributed by atoms with van der Waals surface area (Å²) in [6.07, 6.45) is 1.47. The molecule has 1 N–H and O–H groups in total. The van der Waals surface area contributed by atoms with E-state index in [1.165, 1.54) is 4.31 Å². The molecule has 3 rings (SSSR count). The highest BCUT2D eigenvalue weighted by Crippen LogP contribution is 2.24. The molecule has 1 aliphatic heterocycles. The van der Waals surface area contributed by atoms with E-state index >= 15 is 0 Å². The molecule has 29 heavy (non-hydrogen) atoms. The first-order valence-electron chi connectivity index (χ1n) is 9.68. The second-order valence-corrected chi connectivity index (χ2v) is 8.81. The number of sulfonamides is 1. The van der Waals surface area contributed by atoms with Crippen molar-refractivity contribution >= 4 is 33.0 Å². The summed E-state index contributed by atoms with van der Waals surface area (Å²) in [5, 5.41) is 2.86. The van der Waals surface area contributed by atoms with Crippen molar-refractivity contribution in [2.24, 2.45) is 0 Å². The Morgan fingerprint density at radius 2 is 1.72 bits per heavy atom. The van der Waals surface area contributed by atoms with E-state index in [2.05, 4.69) is 10.2 Å². The zero-order valence-corrected chi connectivity index (χ0v) is 17.6. The van der Waals surface area contributed by atoms with E-state index in [-0.39, 0.29) is 5.91 Å². The molecule has 7 nitrogen and oxygen atoms in total. The Bertz CT molecular complexity index is 911. The number of benzene rings is 2. The molecule has 0 saturated carbocycles. The summed E-state index contributed by atoms with van der Waals surface area (Å²) < 4.78 is 31.4. The van der Waals surface area contributed by atoms with Crippen molar-refractivity contribution in [1.82, 2.24) is 0 Å². The topological polar surface area (TPSA) is 79.0 Å². The number of hydrogen-bond acceptors (Lipinski definition) is 5. The summed E-state index contributed by atoms with van der Waals surface area (Å²) in [5.74, 6) is -0.360. The Balaban J connectivity index is 1.76. The van der Waals surface area contributed by atoms with Crippen molar-refractivity contribution in [2.45, 2.75) is 19.4 Å². The standard InChI is InChI=1S/C21H27N3O4S/c1-3-20(24(29(2,26)27)19-7-5-4-6-8-19)21(25)22-17-9-11-18(12-10-17)23-13-15-28-16-14-23/h4-12,20H,3,13-16H2,1-2H3,(H,22,25). The van der Waals surface area contributed by atoms with Gasteiger partial charge in [-0.2, -0.15) is 0 Å².